The Balaban J connectivity index is 1.45. The first kappa shape index (κ1) is 18.3. The summed E-state index contributed by atoms with van der Waals surface area (Å²) in [5.41, 5.74) is -0.0979. The quantitative estimate of drug-likeness (QED) is 0.287. The number of nitrogens with zero attached hydrogens (tertiary/aromatic N) is 2. The highest BCUT2D eigenvalue weighted by molar-refractivity contribution is 6.24. The minimum Gasteiger partial charge on any atom is -0.459 e. The van der Waals surface area contributed by atoms with Gasteiger partial charge < -0.3 is 4.74 Å². The van der Waals surface area contributed by atoms with Gasteiger partial charge in [-0.2, -0.15) is 0 Å². The van der Waals surface area contributed by atoms with Crippen molar-refractivity contribution >= 4 is 34.2 Å². The van der Waals surface area contributed by atoms with Gasteiger partial charge in [-0.3, -0.25) is 29.4 Å². The first-order valence-corrected chi connectivity index (χ1v) is 8.72. The molecule has 0 N–H and O–H groups in total. The van der Waals surface area contributed by atoms with Crippen LogP contribution < -0.4 is 0 Å². The summed E-state index contributed by atoms with van der Waals surface area (Å²) in [6.45, 7) is -0.635. The molecule has 1 heterocycles. The first-order valence-electron chi connectivity index (χ1n) is 8.72. The van der Waals surface area contributed by atoms with Gasteiger partial charge in [-0.05, 0) is 28.5 Å². The van der Waals surface area contributed by atoms with E-state index < -0.39 is 34.9 Å². The van der Waals surface area contributed by atoms with Gasteiger partial charge in [0, 0.05) is 6.07 Å². The molecule has 4 rings (SSSR count). The van der Waals surface area contributed by atoms with Crippen LogP contribution in [0.25, 0.3) is 10.8 Å². The zero-order valence-electron chi connectivity index (χ0n) is 15.0. The maximum absolute atomic E-state index is 12.5. The molecule has 0 bridgehead atoms. The van der Waals surface area contributed by atoms with Crippen LogP contribution in [0.1, 0.15) is 26.3 Å². The maximum Gasteiger partial charge on any atom is 0.326 e. The number of benzene rings is 3. The van der Waals surface area contributed by atoms with Crippen molar-refractivity contribution in [2.45, 2.75) is 6.61 Å². The summed E-state index contributed by atoms with van der Waals surface area (Å²) in [7, 11) is 0. The number of nitro benzene ring substituents is 1. The van der Waals surface area contributed by atoms with Gasteiger partial charge in [-0.1, -0.05) is 42.5 Å². The number of imide groups is 1. The van der Waals surface area contributed by atoms with E-state index in [2.05, 4.69) is 0 Å². The number of hydrogen-bond donors (Lipinski definition) is 0. The third-order valence-corrected chi connectivity index (χ3v) is 4.67. The highest BCUT2D eigenvalue weighted by atomic mass is 16.6. The molecule has 0 spiro atoms. The van der Waals surface area contributed by atoms with Crippen molar-refractivity contribution in [2.24, 2.45) is 0 Å². The first-order chi connectivity index (χ1) is 14.0. The van der Waals surface area contributed by atoms with Crippen LogP contribution in [0, 0.1) is 10.1 Å². The smallest absolute Gasteiger partial charge is 0.326 e. The molecule has 29 heavy (non-hydrogen) atoms. The number of hydrogen-bond acceptors (Lipinski definition) is 6. The number of nitro groups is 1. The molecule has 0 aliphatic carbocycles. The van der Waals surface area contributed by atoms with Crippen LogP contribution in [0.3, 0.4) is 0 Å². The monoisotopic (exact) mass is 390 g/mol. The van der Waals surface area contributed by atoms with Gasteiger partial charge in [0.1, 0.15) is 18.7 Å². The van der Waals surface area contributed by atoms with Gasteiger partial charge >= 0.3 is 5.97 Å². The van der Waals surface area contributed by atoms with E-state index in [4.69, 9.17) is 4.74 Å². The van der Waals surface area contributed by atoms with Crippen molar-refractivity contribution in [3.63, 3.8) is 0 Å². The van der Waals surface area contributed by atoms with Gasteiger partial charge in [-0.15, -0.1) is 0 Å². The van der Waals surface area contributed by atoms with Crippen LogP contribution in [0.2, 0.25) is 0 Å². The highest BCUT2D eigenvalue weighted by Crippen LogP contribution is 2.30. The van der Waals surface area contributed by atoms with E-state index in [-0.39, 0.29) is 17.7 Å². The van der Waals surface area contributed by atoms with Crippen LogP contribution in [0.15, 0.2) is 60.7 Å². The van der Waals surface area contributed by atoms with Gasteiger partial charge in [0.25, 0.3) is 17.5 Å². The lowest BCUT2D eigenvalue weighted by Crippen LogP contribution is -2.35. The SMILES string of the molecule is O=C(CN1C(=O)c2cccc([N+](=O)[O-])c2C1=O)OCc1ccc2ccccc2c1. The predicted octanol–water partition coefficient (Wildman–Crippen LogP) is 3.09. The summed E-state index contributed by atoms with van der Waals surface area (Å²) in [4.78, 5) is 48.2. The fraction of sp³-hybridized carbons (Fsp3) is 0.0952. The van der Waals surface area contributed by atoms with Crippen molar-refractivity contribution in [3.05, 3.63) is 87.5 Å². The summed E-state index contributed by atoms with van der Waals surface area (Å²) < 4.78 is 5.19. The Morgan fingerprint density at radius 1 is 0.966 bits per heavy atom. The second-order valence-electron chi connectivity index (χ2n) is 6.50. The fourth-order valence-electron chi connectivity index (χ4n) is 3.28. The van der Waals surface area contributed by atoms with E-state index >= 15 is 0 Å². The van der Waals surface area contributed by atoms with Crippen molar-refractivity contribution in [3.8, 4) is 0 Å². The number of carbonyl (C=O) groups is 3. The zero-order chi connectivity index (χ0) is 20.5. The normalized spacial score (nSPS) is 12.9. The van der Waals surface area contributed by atoms with E-state index in [1.165, 1.54) is 12.1 Å². The Bertz CT molecular complexity index is 1190. The molecule has 0 atom stereocenters. The van der Waals surface area contributed by atoms with E-state index in [0.717, 1.165) is 22.4 Å². The molecule has 0 fully saturated rings. The minimum absolute atomic E-state index is 0.0208. The van der Waals surface area contributed by atoms with Gasteiger partial charge in [-0.25, -0.2) is 0 Å². The number of fused-ring (bicyclic) bond motifs is 2. The van der Waals surface area contributed by atoms with Crippen LogP contribution >= 0.6 is 0 Å². The van der Waals surface area contributed by atoms with Crippen molar-refractivity contribution in [1.29, 1.82) is 0 Å². The van der Waals surface area contributed by atoms with Gasteiger partial charge in [0.2, 0.25) is 0 Å². The van der Waals surface area contributed by atoms with Gasteiger partial charge in [0.15, 0.2) is 0 Å². The standard InChI is InChI=1S/C21H14N2O6/c24-18(29-12-13-8-9-14-4-1-2-5-15(14)10-13)11-22-20(25)16-6-3-7-17(23(27)28)19(16)21(22)26/h1-10H,11-12H2. The number of amides is 2. The lowest BCUT2D eigenvalue weighted by molar-refractivity contribution is -0.385. The average molecular weight is 390 g/mol. The van der Waals surface area contributed by atoms with E-state index in [0.29, 0.717) is 4.90 Å². The Morgan fingerprint density at radius 2 is 1.72 bits per heavy atom. The molecule has 3 aromatic rings. The molecule has 0 unspecified atom stereocenters. The Labute approximate surface area is 164 Å². The van der Waals surface area contributed by atoms with Crippen LogP contribution in [0.5, 0.6) is 0 Å². The Hall–Kier alpha value is -4.07. The third kappa shape index (κ3) is 3.31. The number of ether oxygens (including phenoxy) is 1. The molecule has 1 aliphatic heterocycles. The topological polar surface area (TPSA) is 107 Å². The Morgan fingerprint density at radius 3 is 2.48 bits per heavy atom. The summed E-state index contributed by atoms with van der Waals surface area (Å²) in [5, 5.41) is 13.2. The molecule has 0 saturated heterocycles. The minimum atomic E-state index is -0.875. The van der Waals surface area contributed by atoms with E-state index in [9.17, 15) is 24.5 Å². The molecule has 3 aromatic carbocycles. The second kappa shape index (κ2) is 7.16. The van der Waals surface area contributed by atoms with E-state index in [1.54, 1.807) is 0 Å². The van der Waals surface area contributed by atoms with E-state index in [1.807, 2.05) is 42.5 Å². The lowest BCUT2D eigenvalue weighted by Gasteiger charge is -2.13. The molecule has 144 valence electrons. The fourth-order valence-corrected chi connectivity index (χ4v) is 3.28. The molecule has 0 aromatic heterocycles. The zero-order valence-corrected chi connectivity index (χ0v) is 15.0. The summed E-state index contributed by atoms with van der Waals surface area (Å²) >= 11 is 0. The Kier molecular flexibility index (Phi) is 4.52. The molecule has 0 radical (unpaired) electrons. The second-order valence-corrected chi connectivity index (χ2v) is 6.50. The molecule has 8 nitrogen and oxygen atoms in total. The largest absolute Gasteiger partial charge is 0.459 e. The predicted molar refractivity (Wildman–Crippen MR) is 102 cm³/mol. The molecular weight excluding hydrogens is 376 g/mol. The number of esters is 1. The van der Waals surface area contributed by atoms with Crippen LogP contribution in [-0.4, -0.2) is 34.2 Å². The maximum atomic E-state index is 12.5. The summed E-state index contributed by atoms with van der Waals surface area (Å²) in [6.07, 6.45) is 0. The molecule has 8 heteroatoms. The van der Waals surface area contributed by atoms with Crippen molar-refractivity contribution < 1.29 is 24.0 Å². The van der Waals surface area contributed by atoms with Crippen LogP contribution in [0.4, 0.5) is 5.69 Å². The van der Waals surface area contributed by atoms with Gasteiger partial charge in [0.05, 0.1) is 10.5 Å². The number of carbonyl (C=O) groups excluding carboxylic acids is 3. The molecular formula is C21H14N2O6. The summed E-state index contributed by atoms with van der Waals surface area (Å²) in [5.74, 6) is -2.41. The molecule has 1 aliphatic rings. The van der Waals surface area contributed by atoms with Crippen molar-refractivity contribution in [2.75, 3.05) is 6.54 Å². The summed E-state index contributed by atoms with van der Waals surface area (Å²) in [6, 6.07) is 17.1. The lowest BCUT2D eigenvalue weighted by atomic mass is 10.1. The number of rotatable bonds is 5. The molecule has 0 saturated carbocycles. The van der Waals surface area contributed by atoms with Crippen LogP contribution in [-0.2, 0) is 16.1 Å². The third-order valence-electron chi connectivity index (χ3n) is 4.67. The average Bonchev–Trinajstić information content (AvgIpc) is 2.97. The van der Waals surface area contributed by atoms with Crippen molar-refractivity contribution in [1.82, 2.24) is 4.90 Å². The molecule has 2 amide bonds. The highest BCUT2D eigenvalue weighted by Gasteiger charge is 2.41.